The first-order chi connectivity index (χ1) is 6.24. The highest BCUT2D eigenvalue weighted by Gasteiger charge is 2.39. The predicted octanol–water partition coefficient (Wildman–Crippen LogP) is 2.89. The summed E-state index contributed by atoms with van der Waals surface area (Å²) in [5, 5.41) is 0. The smallest absolute Gasteiger partial charge is 0.136 e. The van der Waals surface area contributed by atoms with Crippen LogP contribution in [0.25, 0.3) is 0 Å². The Morgan fingerprint density at radius 3 is 2.77 bits per heavy atom. The molecule has 74 valence electrons. The molecule has 1 aliphatic carbocycles. The Bertz CT molecular complexity index is 190. The van der Waals surface area contributed by atoms with Gasteiger partial charge < -0.3 is 4.79 Å². The maximum absolute atomic E-state index is 11.1. The highest BCUT2D eigenvalue weighted by atomic mass is 32.2. The van der Waals surface area contributed by atoms with Gasteiger partial charge in [0, 0.05) is 0 Å². The molecule has 1 aliphatic heterocycles. The summed E-state index contributed by atoms with van der Waals surface area (Å²) in [6.07, 6.45) is 7.48. The van der Waals surface area contributed by atoms with Crippen LogP contribution in [0.1, 0.15) is 39.0 Å². The summed E-state index contributed by atoms with van der Waals surface area (Å²) in [7, 11) is 0. The number of rotatable bonds is 3. The van der Waals surface area contributed by atoms with Gasteiger partial charge >= 0.3 is 0 Å². The van der Waals surface area contributed by atoms with E-state index in [0.29, 0.717) is 0 Å². The fraction of sp³-hybridized carbons (Fsp3) is 0.909. The molecule has 1 atom stereocenters. The lowest BCUT2D eigenvalue weighted by Crippen LogP contribution is -2.32. The van der Waals surface area contributed by atoms with Crippen LogP contribution in [0, 0.1) is 11.8 Å². The SMILES string of the molecule is CC1CC(CC2(C=O)CCCS2)C1. The van der Waals surface area contributed by atoms with Crippen LogP contribution in [0.5, 0.6) is 0 Å². The van der Waals surface area contributed by atoms with Gasteiger partial charge in [-0.05, 0) is 49.7 Å². The zero-order valence-corrected chi connectivity index (χ0v) is 9.11. The third-order valence-corrected chi connectivity index (χ3v) is 4.99. The molecule has 1 nitrogen and oxygen atoms in total. The van der Waals surface area contributed by atoms with Crippen molar-refractivity contribution in [2.24, 2.45) is 11.8 Å². The van der Waals surface area contributed by atoms with E-state index < -0.39 is 0 Å². The molecular formula is C11H18OS. The first-order valence-corrected chi connectivity index (χ1v) is 6.33. The van der Waals surface area contributed by atoms with Crippen LogP contribution in [0.15, 0.2) is 0 Å². The number of carbonyl (C=O) groups is 1. The number of hydrogen-bond acceptors (Lipinski definition) is 2. The van der Waals surface area contributed by atoms with Crippen molar-refractivity contribution in [1.82, 2.24) is 0 Å². The molecule has 0 aromatic rings. The van der Waals surface area contributed by atoms with Gasteiger partial charge in [-0.3, -0.25) is 0 Å². The van der Waals surface area contributed by atoms with Crippen LogP contribution in [-0.2, 0) is 4.79 Å². The third kappa shape index (κ3) is 1.93. The van der Waals surface area contributed by atoms with E-state index in [9.17, 15) is 4.79 Å². The minimum Gasteiger partial charge on any atom is -0.302 e. The zero-order chi connectivity index (χ0) is 9.31. The second-order valence-corrected chi connectivity index (χ2v) is 6.29. The molecule has 0 aromatic carbocycles. The van der Waals surface area contributed by atoms with Crippen molar-refractivity contribution in [3.05, 3.63) is 0 Å². The predicted molar refractivity (Wildman–Crippen MR) is 57.0 cm³/mol. The van der Waals surface area contributed by atoms with E-state index in [0.717, 1.165) is 24.7 Å². The van der Waals surface area contributed by atoms with Crippen molar-refractivity contribution >= 4 is 18.0 Å². The van der Waals surface area contributed by atoms with Crippen molar-refractivity contribution < 1.29 is 4.79 Å². The van der Waals surface area contributed by atoms with E-state index in [4.69, 9.17) is 0 Å². The Balaban J connectivity index is 1.87. The van der Waals surface area contributed by atoms with Gasteiger partial charge in [0.15, 0.2) is 0 Å². The second kappa shape index (κ2) is 3.64. The van der Waals surface area contributed by atoms with Gasteiger partial charge in [-0.2, -0.15) is 0 Å². The monoisotopic (exact) mass is 198 g/mol. The topological polar surface area (TPSA) is 17.1 Å². The van der Waals surface area contributed by atoms with E-state index in [2.05, 4.69) is 6.92 Å². The summed E-state index contributed by atoms with van der Waals surface area (Å²) in [5.74, 6) is 2.96. The van der Waals surface area contributed by atoms with Crippen LogP contribution in [0.4, 0.5) is 0 Å². The standard InChI is InChI=1S/C11H18OS/c1-9-5-10(6-9)7-11(8-12)3-2-4-13-11/h8-10H,2-7H2,1H3. The fourth-order valence-corrected chi connectivity index (χ4v) is 4.15. The van der Waals surface area contributed by atoms with Gasteiger partial charge in [-0.1, -0.05) is 6.92 Å². The van der Waals surface area contributed by atoms with Gasteiger partial charge in [0.25, 0.3) is 0 Å². The number of carbonyl (C=O) groups excluding carboxylic acids is 1. The van der Waals surface area contributed by atoms with Crippen molar-refractivity contribution in [3.63, 3.8) is 0 Å². The largest absolute Gasteiger partial charge is 0.302 e. The lowest BCUT2D eigenvalue weighted by atomic mass is 9.71. The average molecular weight is 198 g/mol. The molecule has 1 saturated carbocycles. The maximum Gasteiger partial charge on any atom is 0.136 e. The molecule has 1 heterocycles. The van der Waals surface area contributed by atoms with Gasteiger partial charge in [0.1, 0.15) is 6.29 Å². The molecule has 1 unspecified atom stereocenters. The number of thioether (sulfide) groups is 1. The van der Waals surface area contributed by atoms with E-state index in [-0.39, 0.29) is 4.75 Å². The normalized spacial score (nSPS) is 44.4. The van der Waals surface area contributed by atoms with Gasteiger partial charge in [-0.25, -0.2) is 0 Å². The van der Waals surface area contributed by atoms with Crippen molar-refractivity contribution in [2.45, 2.75) is 43.8 Å². The quantitative estimate of drug-likeness (QED) is 0.649. The van der Waals surface area contributed by atoms with Crippen LogP contribution >= 0.6 is 11.8 Å². The zero-order valence-electron chi connectivity index (χ0n) is 8.29. The van der Waals surface area contributed by atoms with Crippen molar-refractivity contribution in [3.8, 4) is 0 Å². The Labute approximate surface area is 84.7 Å². The molecule has 0 radical (unpaired) electrons. The van der Waals surface area contributed by atoms with Crippen molar-refractivity contribution in [1.29, 1.82) is 0 Å². The van der Waals surface area contributed by atoms with E-state index in [1.54, 1.807) is 0 Å². The summed E-state index contributed by atoms with van der Waals surface area (Å²) < 4.78 is 0.0325. The molecule has 0 bridgehead atoms. The molecule has 0 aromatic heterocycles. The van der Waals surface area contributed by atoms with Crippen LogP contribution < -0.4 is 0 Å². The summed E-state index contributed by atoms with van der Waals surface area (Å²) in [4.78, 5) is 11.1. The number of aldehydes is 1. The molecule has 0 N–H and O–H groups in total. The molecule has 0 amide bonds. The molecule has 13 heavy (non-hydrogen) atoms. The van der Waals surface area contributed by atoms with Crippen LogP contribution in [0.2, 0.25) is 0 Å². The summed E-state index contributed by atoms with van der Waals surface area (Å²) in [6.45, 7) is 2.31. The fourth-order valence-electron chi connectivity index (χ4n) is 2.75. The molecule has 2 aliphatic rings. The van der Waals surface area contributed by atoms with Gasteiger partial charge in [0.05, 0.1) is 4.75 Å². The molecule has 2 heteroatoms. The lowest BCUT2D eigenvalue weighted by Gasteiger charge is -2.37. The minimum atomic E-state index is 0.0325. The molecule has 0 spiro atoms. The average Bonchev–Trinajstić information content (AvgIpc) is 2.51. The highest BCUT2D eigenvalue weighted by molar-refractivity contribution is 8.01. The van der Waals surface area contributed by atoms with E-state index >= 15 is 0 Å². The number of hydrogen-bond donors (Lipinski definition) is 0. The first kappa shape index (κ1) is 9.57. The Hall–Kier alpha value is 0.0200. The minimum absolute atomic E-state index is 0.0325. The Morgan fingerprint density at radius 2 is 2.31 bits per heavy atom. The van der Waals surface area contributed by atoms with Crippen molar-refractivity contribution in [2.75, 3.05) is 5.75 Å². The lowest BCUT2D eigenvalue weighted by molar-refractivity contribution is -0.110. The van der Waals surface area contributed by atoms with Crippen LogP contribution in [-0.4, -0.2) is 16.8 Å². The molecule has 1 saturated heterocycles. The van der Waals surface area contributed by atoms with E-state index in [1.807, 2.05) is 11.8 Å². The first-order valence-electron chi connectivity index (χ1n) is 5.34. The Morgan fingerprint density at radius 1 is 1.54 bits per heavy atom. The second-order valence-electron chi connectivity index (χ2n) is 4.78. The molecular weight excluding hydrogens is 180 g/mol. The molecule has 2 rings (SSSR count). The Kier molecular flexibility index (Phi) is 2.68. The maximum atomic E-state index is 11.1. The highest BCUT2D eigenvalue weighted by Crippen LogP contribution is 2.46. The van der Waals surface area contributed by atoms with E-state index in [1.165, 1.54) is 31.3 Å². The summed E-state index contributed by atoms with van der Waals surface area (Å²) >= 11 is 1.90. The summed E-state index contributed by atoms with van der Waals surface area (Å²) in [5.41, 5.74) is 0. The van der Waals surface area contributed by atoms with Gasteiger partial charge in [0.2, 0.25) is 0 Å². The van der Waals surface area contributed by atoms with Gasteiger partial charge in [-0.15, -0.1) is 11.8 Å². The molecule has 2 fully saturated rings. The summed E-state index contributed by atoms with van der Waals surface area (Å²) in [6, 6.07) is 0. The van der Waals surface area contributed by atoms with Crippen LogP contribution in [0.3, 0.4) is 0 Å². The third-order valence-electron chi connectivity index (χ3n) is 3.45.